The van der Waals surface area contributed by atoms with Crippen molar-refractivity contribution in [3.8, 4) is 0 Å². The van der Waals surface area contributed by atoms with E-state index in [9.17, 15) is 9.59 Å². The van der Waals surface area contributed by atoms with E-state index >= 15 is 0 Å². The van der Waals surface area contributed by atoms with Crippen LogP contribution >= 0.6 is 0 Å². The highest BCUT2D eigenvalue weighted by Crippen LogP contribution is 2.36. The van der Waals surface area contributed by atoms with Crippen LogP contribution in [0.2, 0.25) is 18.1 Å². The lowest BCUT2D eigenvalue weighted by molar-refractivity contribution is -0.126. The van der Waals surface area contributed by atoms with Crippen LogP contribution in [0.15, 0.2) is 0 Å². The minimum Gasteiger partial charge on any atom is -0.444 e. The molecule has 0 aromatic heterocycles. The second-order valence-corrected chi connectivity index (χ2v) is 14.8. The lowest BCUT2D eigenvalue weighted by atomic mass is 9.91. The van der Waals surface area contributed by atoms with Gasteiger partial charge in [-0.2, -0.15) is 0 Å². The van der Waals surface area contributed by atoms with Crippen molar-refractivity contribution in [1.29, 1.82) is 0 Å². The fourth-order valence-electron chi connectivity index (χ4n) is 2.69. The molecule has 26 heavy (non-hydrogen) atoms. The molecule has 1 unspecified atom stereocenters. The van der Waals surface area contributed by atoms with E-state index in [-0.39, 0.29) is 22.8 Å². The third-order valence-corrected chi connectivity index (χ3v) is 9.93. The zero-order chi connectivity index (χ0) is 20.2. The first kappa shape index (κ1) is 23.2. The molecule has 0 aliphatic carbocycles. The average Bonchev–Trinajstić information content (AvgIpc) is 2.45. The lowest BCUT2D eigenvalue weighted by Crippen LogP contribution is -2.46. The Morgan fingerprint density at radius 1 is 1.15 bits per heavy atom. The molecule has 1 rings (SSSR count). The van der Waals surface area contributed by atoms with E-state index in [1.54, 1.807) is 4.90 Å². The Bertz CT molecular complexity index is 491. The first-order valence-electron chi connectivity index (χ1n) is 9.87. The summed E-state index contributed by atoms with van der Waals surface area (Å²) in [5, 5.41) is 0.222. The van der Waals surface area contributed by atoms with Gasteiger partial charge in [-0.05, 0) is 51.7 Å². The van der Waals surface area contributed by atoms with Crippen molar-refractivity contribution in [2.45, 2.75) is 91.0 Å². The highest BCUT2D eigenvalue weighted by Gasteiger charge is 2.37. The van der Waals surface area contributed by atoms with Crippen LogP contribution in [0, 0.1) is 5.92 Å². The zero-order valence-electron chi connectivity index (χ0n) is 18.1. The summed E-state index contributed by atoms with van der Waals surface area (Å²) in [4.78, 5) is 26.1. The number of ketones is 1. The largest absolute Gasteiger partial charge is 0.444 e. The highest BCUT2D eigenvalue weighted by molar-refractivity contribution is 6.74. The number of Topliss-reactive ketones (excluding diaryl/α,β-unsaturated/α-hetero) is 1. The molecule has 1 atom stereocenters. The van der Waals surface area contributed by atoms with Crippen molar-refractivity contribution in [2.24, 2.45) is 5.92 Å². The molecular weight excluding hydrogens is 346 g/mol. The zero-order valence-corrected chi connectivity index (χ0v) is 19.1. The van der Waals surface area contributed by atoms with Gasteiger partial charge in [-0.25, -0.2) is 4.79 Å². The quantitative estimate of drug-likeness (QED) is 0.477. The molecule has 0 aromatic rings. The molecule has 0 N–H and O–H groups in total. The van der Waals surface area contributed by atoms with Crippen molar-refractivity contribution < 1.29 is 18.8 Å². The number of piperidine rings is 1. The summed E-state index contributed by atoms with van der Waals surface area (Å²) in [7, 11) is -1.69. The number of ether oxygens (including phenoxy) is 1. The summed E-state index contributed by atoms with van der Waals surface area (Å²) in [6.45, 7) is 18.5. The van der Waals surface area contributed by atoms with Crippen molar-refractivity contribution in [2.75, 3.05) is 19.7 Å². The van der Waals surface area contributed by atoms with Gasteiger partial charge in [0.05, 0.1) is 0 Å². The van der Waals surface area contributed by atoms with E-state index in [0.29, 0.717) is 19.5 Å². The second-order valence-electron chi connectivity index (χ2n) is 9.94. The predicted molar refractivity (Wildman–Crippen MR) is 108 cm³/mol. The van der Waals surface area contributed by atoms with E-state index in [1.165, 1.54) is 0 Å². The van der Waals surface area contributed by atoms with Crippen molar-refractivity contribution in [3.63, 3.8) is 0 Å². The standard InChI is InChI=1S/C20H39NO4Si/c1-19(2,3)25-18(23)21-13-12-17(22)16(15-21)11-9-10-14-24-26(7,8)20(4,5)6/h16H,9-15H2,1-8H3. The van der Waals surface area contributed by atoms with Crippen LogP contribution in [0.1, 0.15) is 67.2 Å². The van der Waals surface area contributed by atoms with Crippen LogP contribution in [-0.4, -0.2) is 50.4 Å². The Morgan fingerprint density at radius 3 is 2.31 bits per heavy atom. The number of hydrogen-bond acceptors (Lipinski definition) is 4. The Balaban J connectivity index is 2.39. The molecule has 1 aliphatic rings. The molecule has 1 aliphatic heterocycles. The van der Waals surface area contributed by atoms with E-state index < -0.39 is 13.9 Å². The Morgan fingerprint density at radius 2 is 1.77 bits per heavy atom. The van der Waals surface area contributed by atoms with Crippen LogP contribution in [0.25, 0.3) is 0 Å². The van der Waals surface area contributed by atoms with Crippen LogP contribution in [0.4, 0.5) is 4.79 Å². The first-order valence-corrected chi connectivity index (χ1v) is 12.8. The maximum atomic E-state index is 12.2. The molecule has 1 amide bonds. The van der Waals surface area contributed by atoms with Gasteiger partial charge >= 0.3 is 6.09 Å². The lowest BCUT2D eigenvalue weighted by Gasteiger charge is -2.36. The molecule has 0 bridgehead atoms. The molecular formula is C20H39NO4Si. The molecule has 1 heterocycles. The Labute approximate surface area is 160 Å². The van der Waals surface area contributed by atoms with Gasteiger partial charge in [-0.1, -0.05) is 27.2 Å². The number of carbonyl (C=O) groups is 2. The SMILES string of the molecule is CC(C)(C)OC(=O)N1CCC(=O)C(CCCCO[Si](C)(C)C(C)(C)C)C1. The minimum absolute atomic E-state index is 0.0656. The monoisotopic (exact) mass is 385 g/mol. The number of carbonyl (C=O) groups excluding carboxylic acids is 2. The van der Waals surface area contributed by atoms with Gasteiger partial charge in [0.2, 0.25) is 0 Å². The number of likely N-dealkylation sites (tertiary alicyclic amines) is 1. The van der Waals surface area contributed by atoms with Crippen LogP contribution in [0.3, 0.4) is 0 Å². The van der Waals surface area contributed by atoms with E-state index in [4.69, 9.17) is 9.16 Å². The molecule has 0 radical (unpaired) electrons. The number of amides is 1. The maximum Gasteiger partial charge on any atom is 0.410 e. The average molecular weight is 386 g/mol. The number of nitrogens with zero attached hydrogens (tertiary/aromatic N) is 1. The third-order valence-electron chi connectivity index (χ3n) is 5.39. The van der Waals surface area contributed by atoms with Crippen molar-refractivity contribution in [3.05, 3.63) is 0 Å². The summed E-state index contributed by atoms with van der Waals surface area (Å²) in [6, 6.07) is 0. The van der Waals surface area contributed by atoms with Gasteiger partial charge in [0.1, 0.15) is 11.4 Å². The minimum atomic E-state index is -1.69. The van der Waals surface area contributed by atoms with Gasteiger partial charge in [0, 0.05) is 32.0 Å². The van der Waals surface area contributed by atoms with Gasteiger partial charge in [0.25, 0.3) is 0 Å². The first-order chi connectivity index (χ1) is 11.7. The number of unbranched alkanes of at least 4 members (excludes halogenated alkanes) is 1. The van der Waals surface area contributed by atoms with Crippen molar-refractivity contribution >= 4 is 20.2 Å². The van der Waals surface area contributed by atoms with E-state index in [2.05, 4.69) is 33.9 Å². The van der Waals surface area contributed by atoms with Gasteiger partial charge < -0.3 is 14.1 Å². The summed E-state index contributed by atoms with van der Waals surface area (Å²) in [5.41, 5.74) is -0.505. The maximum absolute atomic E-state index is 12.2. The summed E-state index contributed by atoms with van der Waals surface area (Å²) in [6.07, 6.45) is 2.86. The van der Waals surface area contributed by atoms with Gasteiger partial charge in [-0.15, -0.1) is 0 Å². The molecule has 0 saturated carbocycles. The Kier molecular flexibility index (Phi) is 7.90. The summed E-state index contributed by atoms with van der Waals surface area (Å²) in [5.74, 6) is 0.208. The van der Waals surface area contributed by atoms with E-state index in [1.807, 2.05) is 20.8 Å². The molecule has 5 nitrogen and oxygen atoms in total. The molecule has 6 heteroatoms. The highest BCUT2D eigenvalue weighted by atomic mass is 28.4. The molecule has 0 spiro atoms. The van der Waals surface area contributed by atoms with Crippen molar-refractivity contribution in [1.82, 2.24) is 4.90 Å². The fraction of sp³-hybridized carbons (Fsp3) is 0.900. The molecule has 152 valence electrons. The molecule has 1 saturated heterocycles. The predicted octanol–water partition coefficient (Wildman–Crippen LogP) is 5.00. The fourth-order valence-corrected chi connectivity index (χ4v) is 3.78. The number of rotatable bonds is 6. The van der Waals surface area contributed by atoms with E-state index in [0.717, 1.165) is 25.9 Å². The van der Waals surface area contributed by atoms with Crippen LogP contribution < -0.4 is 0 Å². The topological polar surface area (TPSA) is 55.8 Å². The molecule has 0 aromatic carbocycles. The Hall–Kier alpha value is -0.883. The smallest absolute Gasteiger partial charge is 0.410 e. The summed E-state index contributed by atoms with van der Waals surface area (Å²) >= 11 is 0. The summed E-state index contributed by atoms with van der Waals surface area (Å²) < 4.78 is 11.6. The van der Waals surface area contributed by atoms with Gasteiger partial charge in [-0.3, -0.25) is 4.79 Å². The number of hydrogen-bond donors (Lipinski definition) is 0. The second kappa shape index (κ2) is 8.87. The van der Waals surface area contributed by atoms with Gasteiger partial charge in [0.15, 0.2) is 8.32 Å². The third kappa shape index (κ3) is 7.39. The molecule has 1 fully saturated rings. The van der Waals surface area contributed by atoms with Crippen LogP contribution in [-0.2, 0) is 14.0 Å². The normalized spacial score (nSPS) is 19.6. The van der Waals surface area contributed by atoms with Crippen LogP contribution in [0.5, 0.6) is 0 Å².